The molecule has 0 amide bonds. The Morgan fingerprint density at radius 1 is 1.38 bits per heavy atom. The van der Waals surface area contributed by atoms with Crippen LogP contribution in [0, 0.1) is 0 Å². The van der Waals surface area contributed by atoms with E-state index in [4.69, 9.17) is 19.4 Å². The van der Waals surface area contributed by atoms with Crippen molar-refractivity contribution < 1.29 is 24.2 Å². The normalized spacial score (nSPS) is 20.0. The first-order chi connectivity index (χ1) is 10.2. The summed E-state index contributed by atoms with van der Waals surface area (Å²) in [6.45, 7) is 2.89. The van der Waals surface area contributed by atoms with Gasteiger partial charge in [0.05, 0.1) is 19.3 Å². The number of benzene rings is 1. The van der Waals surface area contributed by atoms with Crippen molar-refractivity contribution in [3.63, 3.8) is 0 Å². The predicted molar refractivity (Wildman–Crippen MR) is 75.3 cm³/mol. The molecule has 1 aliphatic heterocycles. The van der Waals surface area contributed by atoms with Crippen LogP contribution >= 0.6 is 0 Å². The van der Waals surface area contributed by atoms with Gasteiger partial charge in [0.1, 0.15) is 5.58 Å². The fraction of sp³-hybridized carbons (Fsp3) is 0.400. The number of aliphatic hydroxyl groups excluding tert-OH is 1. The molecule has 1 atom stereocenters. The van der Waals surface area contributed by atoms with Gasteiger partial charge in [-0.05, 0) is 23.8 Å². The number of morpholine rings is 1. The van der Waals surface area contributed by atoms with E-state index in [1.165, 1.54) is 6.07 Å². The van der Waals surface area contributed by atoms with Gasteiger partial charge in [-0.3, -0.25) is 4.90 Å². The number of carbonyl (C=O) groups is 1. The summed E-state index contributed by atoms with van der Waals surface area (Å²) in [5.74, 6) is -1.11. The third-order valence-corrected chi connectivity index (χ3v) is 3.62. The van der Waals surface area contributed by atoms with E-state index in [1.807, 2.05) is 12.1 Å². The minimum absolute atomic E-state index is 0.0270. The number of carboxylic acids is 1. The van der Waals surface area contributed by atoms with Crippen LogP contribution in [-0.2, 0) is 11.3 Å². The van der Waals surface area contributed by atoms with E-state index >= 15 is 0 Å². The first-order valence-corrected chi connectivity index (χ1v) is 6.86. The maximum Gasteiger partial charge on any atom is 0.371 e. The molecule has 6 heteroatoms. The van der Waals surface area contributed by atoms with Crippen molar-refractivity contribution in [2.45, 2.75) is 12.6 Å². The lowest BCUT2D eigenvalue weighted by atomic mass is 10.1. The molecule has 1 saturated heterocycles. The van der Waals surface area contributed by atoms with Crippen LogP contribution < -0.4 is 0 Å². The first kappa shape index (κ1) is 14.1. The molecule has 1 unspecified atom stereocenters. The van der Waals surface area contributed by atoms with Crippen molar-refractivity contribution in [1.29, 1.82) is 0 Å². The Morgan fingerprint density at radius 2 is 2.24 bits per heavy atom. The summed E-state index contributed by atoms with van der Waals surface area (Å²) >= 11 is 0. The van der Waals surface area contributed by atoms with Gasteiger partial charge >= 0.3 is 5.97 Å². The van der Waals surface area contributed by atoms with E-state index in [1.54, 1.807) is 6.07 Å². The number of hydrogen-bond acceptors (Lipinski definition) is 5. The van der Waals surface area contributed by atoms with Crippen molar-refractivity contribution in [1.82, 2.24) is 4.90 Å². The minimum atomic E-state index is -1.06. The molecule has 0 bridgehead atoms. The Balaban J connectivity index is 1.76. The van der Waals surface area contributed by atoms with Gasteiger partial charge in [-0.2, -0.15) is 0 Å². The molecule has 0 saturated carbocycles. The number of hydrogen-bond donors (Lipinski definition) is 2. The molecule has 0 aliphatic carbocycles. The van der Waals surface area contributed by atoms with Crippen LogP contribution in [0.3, 0.4) is 0 Å². The third kappa shape index (κ3) is 3.07. The quantitative estimate of drug-likeness (QED) is 0.884. The molecule has 1 aliphatic rings. The number of rotatable bonds is 4. The summed E-state index contributed by atoms with van der Waals surface area (Å²) in [7, 11) is 0. The third-order valence-electron chi connectivity index (χ3n) is 3.62. The Morgan fingerprint density at radius 3 is 3.00 bits per heavy atom. The smallest absolute Gasteiger partial charge is 0.371 e. The maximum atomic E-state index is 10.9. The van der Waals surface area contributed by atoms with Crippen LogP contribution in [0.25, 0.3) is 11.0 Å². The van der Waals surface area contributed by atoms with Gasteiger partial charge in [0.25, 0.3) is 0 Å². The average molecular weight is 291 g/mol. The van der Waals surface area contributed by atoms with Crippen LogP contribution in [0.1, 0.15) is 16.1 Å². The Hall–Kier alpha value is -1.89. The van der Waals surface area contributed by atoms with Gasteiger partial charge in [-0.15, -0.1) is 0 Å². The summed E-state index contributed by atoms with van der Waals surface area (Å²) < 4.78 is 10.7. The SMILES string of the molecule is O=C(O)c1cc2cc(CN3CCOC(CO)C3)ccc2o1. The average Bonchev–Trinajstić information content (AvgIpc) is 2.91. The molecule has 0 spiro atoms. The largest absolute Gasteiger partial charge is 0.475 e. The fourth-order valence-corrected chi connectivity index (χ4v) is 2.59. The van der Waals surface area contributed by atoms with Crippen molar-refractivity contribution in [3.8, 4) is 0 Å². The number of furan rings is 1. The van der Waals surface area contributed by atoms with Crippen molar-refractivity contribution in [2.75, 3.05) is 26.3 Å². The van der Waals surface area contributed by atoms with Crippen LogP contribution in [0.2, 0.25) is 0 Å². The van der Waals surface area contributed by atoms with E-state index in [-0.39, 0.29) is 18.5 Å². The summed E-state index contributed by atoms with van der Waals surface area (Å²) in [5.41, 5.74) is 1.66. The Kier molecular flexibility index (Phi) is 3.92. The zero-order valence-corrected chi connectivity index (χ0v) is 11.5. The molecular weight excluding hydrogens is 274 g/mol. The second kappa shape index (κ2) is 5.85. The van der Waals surface area contributed by atoms with Gasteiger partial charge in [-0.1, -0.05) is 6.07 Å². The van der Waals surface area contributed by atoms with Crippen molar-refractivity contribution in [2.24, 2.45) is 0 Å². The fourth-order valence-electron chi connectivity index (χ4n) is 2.59. The van der Waals surface area contributed by atoms with Gasteiger partial charge in [0.2, 0.25) is 5.76 Å². The lowest BCUT2D eigenvalue weighted by Crippen LogP contribution is -2.43. The molecule has 0 radical (unpaired) electrons. The van der Waals surface area contributed by atoms with E-state index in [0.717, 1.165) is 24.0 Å². The van der Waals surface area contributed by atoms with Gasteiger partial charge in [0.15, 0.2) is 0 Å². The number of nitrogens with zero attached hydrogens (tertiary/aromatic N) is 1. The number of aliphatic hydroxyl groups is 1. The maximum absolute atomic E-state index is 10.9. The van der Waals surface area contributed by atoms with E-state index < -0.39 is 5.97 Å². The standard InChI is InChI=1S/C15H17NO5/c17-9-12-8-16(3-4-20-12)7-10-1-2-13-11(5-10)6-14(21-13)15(18)19/h1-2,5-6,12,17H,3-4,7-9H2,(H,18,19). The van der Waals surface area contributed by atoms with Crippen LogP contribution in [0.15, 0.2) is 28.7 Å². The highest BCUT2D eigenvalue weighted by atomic mass is 16.5. The second-order valence-corrected chi connectivity index (χ2v) is 5.20. The molecule has 1 aromatic carbocycles. The molecular formula is C15H17NO5. The molecule has 2 aromatic rings. The second-order valence-electron chi connectivity index (χ2n) is 5.20. The zero-order chi connectivity index (χ0) is 14.8. The zero-order valence-electron chi connectivity index (χ0n) is 11.5. The molecule has 112 valence electrons. The highest BCUT2D eigenvalue weighted by molar-refractivity contribution is 5.91. The van der Waals surface area contributed by atoms with E-state index in [9.17, 15) is 4.79 Å². The monoisotopic (exact) mass is 291 g/mol. The molecule has 21 heavy (non-hydrogen) atoms. The van der Waals surface area contributed by atoms with Crippen LogP contribution in [0.5, 0.6) is 0 Å². The summed E-state index contributed by atoms with van der Waals surface area (Å²) in [6, 6.07) is 7.20. The molecule has 6 nitrogen and oxygen atoms in total. The summed E-state index contributed by atoms with van der Waals surface area (Å²) in [4.78, 5) is 13.1. The lowest BCUT2D eigenvalue weighted by Gasteiger charge is -2.31. The summed E-state index contributed by atoms with van der Waals surface area (Å²) in [5, 5.41) is 18.9. The minimum Gasteiger partial charge on any atom is -0.475 e. The van der Waals surface area contributed by atoms with Gasteiger partial charge in [-0.25, -0.2) is 4.79 Å². The van der Waals surface area contributed by atoms with E-state index in [0.29, 0.717) is 18.7 Å². The number of carboxylic acid groups (broad SMARTS) is 1. The van der Waals surface area contributed by atoms with Gasteiger partial charge < -0.3 is 19.4 Å². The van der Waals surface area contributed by atoms with Crippen LogP contribution in [-0.4, -0.2) is 53.5 Å². The highest BCUT2D eigenvalue weighted by Gasteiger charge is 2.20. The highest BCUT2D eigenvalue weighted by Crippen LogP contribution is 2.22. The van der Waals surface area contributed by atoms with E-state index in [2.05, 4.69) is 4.90 Å². The number of ether oxygens (including phenoxy) is 1. The lowest BCUT2D eigenvalue weighted by molar-refractivity contribution is -0.0550. The number of fused-ring (bicyclic) bond motifs is 1. The Bertz CT molecular complexity index is 651. The molecule has 3 rings (SSSR count). The topological polar surface area (TPSA) is 83.1 Å². The number of aromatic carboxylic acids is 1. The molecule has 1 fully saturated rings. The van der Waals surface area contributed by atoms with Crippen LogP contribution in [0.4, 0.5) is 0 Å². The molecule has 2 N–H and O–H groups in total. The predicted octanol–water partition coefficient (Wildman–Crippen LogP) is 1.32. The molecule has 2 heterocycles. The van der Waals surface area contributed by atoms with Gasteiger partial charge in [0, 0.05) is 25.0 Å². The molecule has 1 aromatic heterocycles. The van der Waals surface area contributed by atoms with Crippen molar-refractivity contribution >= 4 is 16.9 Å². The van der Waals surface area contributed by atoms with Crippen molar-refractivity contribution in [3.05, 3.63) is 35.6 Å². The first-order valence-electron chi connectivity index (χ1n) is 6.86. The Labute approximate surface area is 121 Å². The summed E-state index contributed by atoms with van der Waals surface area (Å²) in [6.07, 6.45) is -0.130.